The van der Waals surface area contributed by atoms with Gasteiger partial charge in [0.15, 0.2) is 5.82 Å². The predicted molar refractivity (Wildman–Crippen MR) is 65.1 cm³/mol. The van der Waals surface area contributed by atoms with Crippen molar-refractivity contribution in [2.75, 3.05) is 13.7 Å². The molecule has 0 radical (unpaired) electrons. The lowest BCUT2D eigenvalue weighted by Gasteiger charge is -2.04. The quantitative estimate of drug-likeness (QED) is 0.854. The summed E-state index contributed by atoms with van der Waals surface area (Å²) in [6.07, 6.45) is 0.0538. The highest BCUT2D eigenvalue weighted by atomic mass is 19.1. The van der Waals surface area contributed by atoms with E-state index in [1.54, 1.807) is 12.1 Å². The van der Waals surface area contributed by atoms with Gasteiger partial charge in [0.1, 0.15) is 5.82 Å². The van der Waals surface area contributed by atoms with E-state index in [2.05, 4.69) is 10.1 Å². The Labute approximate surface area is 110 Å². The minimum atomic E-state index is -0.663. The minimum absolute atomic E-state index is 0.218. The number of methoxy groups -OCH3 is 1. The number of hydrogen-bond donors (Lipinski definition) is 1. The van der Waals surface area contributed by atoms with Crippen LogP contribution in [0.15, 0.2) is 28.8 Å². The van der Waals surface area contributed by atoms with Crippen molar-refractivity contribution in [3.8, 4) is 0 Å². The molecule has 0 fully saturated rings. The standard InChI is InChI=1S/C13H15FN2O3/c1-18-8-11(17)7-13-15-12(16-19-13)6-9-2-4-10(14)5-3-9/h2-5,11,17H,6-8H2,1H3. The number of halogens is 1. The normalized spacial score (nSPS) is 12.6. The average Bonchev–Trinajstić information content (AvgIpc) is 2.80. The third-order valence-corrected chi connectivity index (χ3v) is 2.55. The molecular formula is C13H15FN2O3. The molecular weight excluding hydrogens is 251 g/mol. The number of nitrogens with zero attached hydrogens (tertiary/aromatic N) is 2. The Morgan fingerprint density at radius 2 is 2.11 bits per heavy atom. The Kier molecular flexibility index (Phi) is 4.59. The first-order valence-corrected chi connectivity index (χ1v) is 5.90. The van der Waals surface area contributed by atoms with Crippen LogP contribution in [0, 0.1) is 5.82 Å². The molecule has 0 amide bonds. The van der Waals surface area contributed by atoms with Crippen LogP contribution in [-0.2, 0) is 17.6 Å². The van der Waals surface area contributed by atoms with E-state index < -0.39 is 6.10 Å². The van der Waals surface area contributed by atoms with Gasteiger partial charge in [-0.2, -0.15) is 4.98 Å². The van der Waals surface area contributed by atoms with Crippen molar-refractivity contribution in [1.29, 1.82) is 0 Å². The summed E-state index contributed by atoms with van der Waals surface area (Å²) in [5.41, 5.74) is 0.895. The number of aliphatic hydroxyl groups is 1. The highest BCUT2D eigenvalue weighted by molar-refractivity contribution is 5.19. The summed E-state index contributed by atoms with van der Waals surface area (Å²) in [5, 5.41) is 13.4. The van der Waals surface area contributed by atoms with Crippen molar-refractivity contribution in [3.05, 3.63) is 47.4 Å². The molecule has 19 heavy (non-hydrogen) atoms. The molecule has 1 aromatic carbocycles. The number of rotatable bonds is 6. The predicted octanol–water partition coefficient (Wildman–Crippen LogP) is 1.35. The summed E-state index contributed by atoms with van der Waals surface area (Å²) >= 11 is 0. The second-order valence-electron chi connectivity index (χ2n) is 4.22. The topological polar surface area (TPSA) is 68.4 Å². The van der Waals surface area contributed by atoms with E-state index in [0.29, 0.717) is 18.1 Å². The lowest BCUT2D eigenvalue weighted by atomic mass is 10.1. The number of benzene rings is 1. The molecule has 1 N–H and O–H groups in total. The van der Waals surface area contributed by atoms with Crippen molar-refractivity contribution in [1.82, 2.24) is 10.1 Å². The van der Waals surface area contributed by atoms with Gasteiger partial charge >= 0.3 is 0 Å². The molecule has 0 saturated heterocycles. The van der Waals surface area contributed by atoms with E-state index in [4.69, 9.17) is 9.26 Å². The van der Waals surface area contributed by atoms with Crippen molar-refractivity contribution in [2.45, 2.75) is 18.9 Å². The van der Waals surface area contributed by atoms with Gasteiger partial charge in [-0.25, -0.2) is 4.39 Å². The van der Waals surface area contributed by atoms with Crippen molar-refractivity contribution >= 4 is 0 Å². The van der Waals surface area contributed by atoms with Gasteiger partial charge in [-0.05, 0) is 17.7 Å². The van der Waals surface area contributed by atoms with E-state index in [1.165, 1.54) is 19.2 Å². The first-order valence-electron chi connectivity index (χ1n) is 5.90. The molecule has 0 bridgehead atoms. The van der Waals surface area contributed by atoms with Crippen LogP contribution in [0.25, 0.3) is 0 Å². The third kappa shape index (κ3) is 4.11. The molecule has 0 aliphatic rings. The fourth-order valence-corrected chi connectivity index (χ4v) is 1.68. The van der Waals surface area contributed by atoms with Crippen molar-refractivity contribution in [2.24, 2.45) is 0 Å². The number of ether oxygens (including phenoxy) is 1. The molecule has 0 saturated carbocycles. The second-order valence-corrected chi connectivity index (χ2v) is 4.22. The molecule has 102 valence electrons. The molecule has 1 aromatic heterocycles. The molecule has 2 rings (SSSR count). The Hall–Kier alpha value is -1.79. The Morgan fingerprint density at radius 1 is 1.37 bits per heavy atom. The first kappa shape index (κ1) is 13.6. The zero-order valence-corrected chi connectivity index (χ0v) is 10.5. The fraction of sp³-hybridized carbons (Fsp3) is 0.385. The first-order chi connectivity index (χ1) is 9.17. The molecule has 1 heterocycles. The van der Waals surface area contributed by atoms with Gasteiger partial charge in [-0.1, -0.05) is 17.3 Å². The van der Waals surface area contributed by atoms with Gasteiger partial charge in [0.2, 0.25) is 5.89 Å². The maximum absolute atomic E-state index is 12.8. The van der Waals surface area contributed by atoms with Gasteiger partial charge in [-0.3, -0.25) is 0 Å². The van der Waals surface area contributed by atoms with Gasteiger partial charge in [0.25, 0.3) is 0 Å². The van der Waals surface area contributed by atoms with Gasteiger partial charge < -0.3 is 14.4 Å². The maximum Gasteiger partial charge on any atom is 0.229 e. The smallest absolute Gasteiger partial charge is 0.229 e. The van der Waals surface area contributed by atoms with Crippen LogP contribution in [0.2, 0.25) is 0 Å². The van der Waals surface area contributed by atoms with Gasteiger partial charge in [-0.15, -0.1) is 0 Å². The van der Waals surface area contributed by atoms with Crippen molar-refractivity contribution < 1.29 is 18.8 Å². The van der Waals surface area contributed by atoms with Crippen molar-refractivity contribution in [3.63, 3.8) is 0 Å². The summed E-state index contributed by atoms with van der Waals surface area (Å²) in [6.45, 7) is 0.218. The highest BCUT2D eigenvalue weighted by Crippen LogP contribution is 2.09. The zero-order valence-electron chi connectivity index (χ0n) is 10.5. The minimum Gasteiger partial charge on any atom is -0.390 e. The monoisotopic (exact) mass is 266 g/mol. The van der Waals surface area contributed by atoms with E-state index in [9.17, 15) is 9.50 Å². The lowest BCUT2D eigenvalue weighted by Crippen LogP contribution is -2.17. The summed E-state index contributed by atoms with van der Waals surface area (Å²) in [4.78, 5) is 4.16. The van der Waals surface area contributed by atoms with Crippen LogP contribution in [0.4, 0.5) is 4.39 Å². The van der Waals surface area contributed by atoms with Gasteiger partial charge in [0.05, 0.1) is 19.1 Å². The Bertz CT molecular complexity index is 513. The molecule has 5 nitrogen and oxygen atoms in total. The average molecular weight is 266 g/mol. The van der Waals surface area contributed by atoms with Crippen LogP contribution in [0.3, 0.4) is 0 Å². The van der Waals surface area contributed by atoms with Crippen LogP contribution >= 0.6 is 0 Å². The molecule has 0 aliphatic carbocycles. The molecule has 0 aliphatic heterocycles. The number of aliphatic hydroxyl groups excluding tert-OH is 1. The molecule has 1 unspecified atom stereocenters. The Balaban J connectivity index is 1.95. The van der Waals surface area contributed by atoms with Crippen LogP contribution in [0.1, 0.15) is 17.3 Å². The molecule has 2 aromatic rings. The third-order valence-electron chi connectivity index (χ3n) is 2.55. The lowest BCUT2D eigenvalue weighted by molar-refractivity contribution is 0.0599. The van der Waals surface area contributed by atoms with E-state index in [-0.39, 0.29) is 18.8 Å². The SMILES string of the molecule is COCC(O)Cc1nc(Cc2ccc(F)cc2)no1. The summed E-state index contributed by atoms with van der Waals surface area (Å²) in [7, 11) is 1.51. The Morgan fingerprint density at radius 3 is 2.79 bits per heavy atom. The van der Waals surface area contributed by atoms with E-state index in [1.807, 2.05) is 0 Å². The number of aromatic nitrogens is 2. The van der Waals surface area contributed by atoms with Crippen LogP contribution < -0.4 is 0 Å². The van der Waals surface area contributed by atoms with Gasteiger partial charge in [0, 0.05) is 13.5 Å². The summed E-state index contributed by atoms with van der Waals surface area (Å²) < 4.78 is 22.6. The van der Waals surface area contributed by atoms with E-state index >= 15 is 0 Å². The van der Waals surface area contributed by atoms with E-state index in [0.717, 1.165) is 5.56 Å². The highest BCUT2D eigenvalue weighted by Gasteiger charge is 2.12. The van der Waals surface area contributed by atoms with Crippen LogP contribution in [-0.4, -0.2) is 35.1 Å². The summed E-state index contributed by atoms with van der Waals surface area (Å²) in [6, 6.07) is 6.12. The van der Waals surface area contributed by atoms with Crippen LogP contribution in [0.5, 0.6) is 0 Å². The molecule has 6 heteroatoms. The largest absolute Gasteiger partial charge is 0.390 e. The summed E-state index contributed by atoms with van der Waals surface area (Å²) in [5.74, 6) is 0.591. The maximum atomic E-state index is 12.8. The zero-order chi connectivity index (χ0) is 13.7. The number of hydrogen-bond acceptors (Lipinski definition) is 5. The molecule has 1 atom stereocenters. The molecule has 0 spiro atoms. The second kappa shape index (κ2) is 6.40. The fourth-order valence-electron chi connectivity index (χ4n) is 1.68.